The lowest BCUT2D eigenvalue weighted by atomic mass is 10.2. The largest absolute Gasteiger partial charge is 0.324 e. The van der Waals surface area contributed by atoms with Crippen LogP contribution in [0, 0.1) is 5.82 Å². The van der Waals surface area contributed by atoms with Crippen molar-refractivity contribution < 1.29 is 8.91 Å². The quantitative estimate of drug-likeness (QED) is 0.868. The zero-order chi connectivity index (χ0) is 15.6. The third kappa shape index (κ3) is 3.37. The Labute approximate surface area is 135 Å². The van der Waals surface area contributed by atoms with Crippen LogP contribution in [0.4, 0.5) is 10.4 Å². The van der Waals surface area contributed by atoms with Gasteiger partial charge in [-0.15, -0.1) is 0 Å². The molecule has 0 amide bonds. The van der Waals surface area contributed by atoms with Crippen molar-refractivity contribution in [3.63, 3.8) is 0 Å². The summed E-state index contributed by atoms with van der Waals surface area (Å²) >= 11 is 0. The van der Waals surface area contributed by atoms with Crippen LogP contribution in [0.25, 0.3) is 0 Å². The topological polar surface area (TPSA) is 45.4 Å². The average molecular weight is 316 g/mol. The molecule has 2 heterocycles. The van der Waals surface area contributed by atoms with Crippen molar-refractivity contribution in [2.24, 2.45) is 0 Å². The molecule has 2 aromatic rings. The molecule has 2 aliphatic rings. The Morgan fingerprint density at radius 3 is 2.83 bits per heavy atom. The van der Waals surface area contributed by atoms with E-state index in [4.69, 9.17) is 4.52 Å². The van der Waals surface area contributed by atoms with Crippen LogP contribution in [0.5, 0.6) is 0 Å². The molecule has 4 rings (SSSR count). The zero-order valence-corrected chi connectivity index (χ0v) is 13.1. The van der Waals surface area contributed by atoms with E-state index in [0.717, 1.165) is 44.0 Å². The minimum absolute atomic E-state index is 0.125. The van der Waals surface area contributed by atoms with E-state index in [0.29, 0.717) is 18.5 Å². The van der Waals surface area contributed by atoms with Gasteiger partial charge in [0.1, 0.15) is 5.82 Å². The first kappa shape index (κ1) is 14.6. The van der Waals surface area contributed by atoms with Gasteiger partial charge in [-0.3, -0.25) is 4.90 Å². The molecule has 2 fully saturated rings. The van der Waals surface area contributed by atoms with Crippen molar-refractivity contribution in [3.8, 4) is 0 Å². The number of rotatable bonds is 4. The summed E-state index contributed by atoms with van der Waals surface area (Å²) in [5, 5.41) is 4.09. The van der Waals surface area contributed by atoms with E-state index < -0.39 is 0 Å². The SMILES string of the molecule is Fc1ccccc1CN1CCCN(c2nc(C3CC3)no2)CC1. The van der Waals surface area contributed by atoms with E-state index in [9.17, 15) is 4.39 Å². The summed E-state index contributed by atoms with van der Waals surface area (Å²) in [5.41, 5.74) is 0.759. The van der Waals surface area contributed by atoms with E-state index in [1.807, 2.05) is 12.1 Å². The van der Waals surface area contributed by atoms with Crippen LogP contribution in [-0.4, -0.2) is 41.2 Å². The fraction of sp³-hybridized carbons (Fsp3) is 0.529. The first-order chi connectivity index (χ1) is 11.3. The van der Waals surface area contributed by atoms with Crippen LogP contribution in [0.15, 0.2) is 28.8 Å². The predicted molar refractivity (Wildman–Crippen MR) is 84.8 cm³/mol. The van der Waals surface area contributed by atoms with Crippen LogP contribution < -0.4 is 4.90 Å². The van der Waals surface area contributed by atoms with Crippen LogP contribution in [0.1, 0.15) is 36.6 Å². The van der Waals surface area contributed by atoms with Crippen molar-refractivity contribution in [1.82, 2.24) is 15.0 Å². The molecule has 1 aliphatic heterocycles. The maximum atomic E-state index is 13.8. The number of aromatic nitrogens is 2. The highest BCUT2D eigenvalue weighted by Gasteiger charge is 2.30. The molecule has 0 N–H and O–H groups in total. The zero-order valence-electron chi connectivity index (χ0n) is 13.1. The van der Waals surface area contributed by atoms with Gasteiger partial charge < -0.3 is 9.42 Å². The molecule has 0 radical (unpaired) electrons. The molecule has 23 heavy (non-hydrogen) atoms. The Bertz CT molecular complexity index is 670. The molecule has 5 nitrogen and oxygen atoms in total. The molecule has 1 aliphatic carbocycles. The number of anilines is 1. The second-order valence-corrected chi connectivity index (χ2v) is 6.42. The highest BCUT2D eigenvalue weighted by Crippen LogP contribution is 2.38. The van der Waals surface area contributed by atoms with Gasteiger partial charge in [-0.2, -0.15) is 4.98 Å². The van der Waals surface area contributed by atoms with Gasteiger partial charge in [0.25, 0.3) is 0 Å². The van der Waals surface area contributed by atoms with Crippen LogP contribution in [0.2, 0.25) is 0 Å². The molecular weight excluding hydrogens is 295 g/mol. The first-order valence-corrected chi connectivity index (χ1v) is 8.34. The number of halogens is 1. The van der Waals surface area contributed by atoms with E-state index in [-0.39, 0.29) is 5.82 Å². The van der Waals surface area contributed by atoms with Crippen molar-refractivity contribution in [2.75, 3.05) is 31.1 Å². The summed E-state index contributed by atoms with van der Waals surface area (Å²) in [6.07, 6.45) is 3.36. The van der Waals surface area contributed by atoms with Gasteiger partial charge in [-0.05, 0) is 25.3 Å². The van der Waals surface area contributed by atoms with Gasteiger partial charge in [-0.25, -0.2) is 4.39 Å². The normalized spacial score (nSPS) is 19.8. The summed E-state index contributed by atoms with van der Waals surface area (Å²) < 4.78 is 19.2. The Morgan fingerprint density at radius 1 is 1.13 bits per heavy atom. The minimum Gasteiger partial charge on any atom is -0.323 e. The van der Waals surface area contributed by atoms with Crippen LogP contribution >= 0.6 is 0 Å². The van der Waals surface area contributed by atoms with Crippen molar-refractivity contribution in [2.45, 2.75) is 31.7 Å². The summed E-state index contributed by atoms with van der Waals surface area (Å²) in [6.45, 7) is 4.21. The second kappa shape index (κ2) is 6.28. The van der Waals surface area contributed by atoms with Gasteiger partial charge in [0, 0.05) is 44.2 Å². The summed E-state index contributed by atoms with van der Waals surface area (Å²) in [5.74, 6) is 1.24. The summed E-state index contributed by atoms with van der Waals surface area (Å²) in [4.78, 5) is 8.97. The smallest absolute Gasteiger partial charge is 0.323 e. The van der Waals surface area contributed by atoms with E-state index in [1.165, 1.54) is 18.9 Å². The molecule has 122 valence electrons. The highest BCUT2D eigenvalue weighted by atomic mass is 19.1. The van der Waals surface area contributed by atoms with Gasteiger partial charge >= 0.3 is 6.01 Å². The molecule has 1 saturated heterocycles. The average Bonchev–Trinajstić information content (AvgIpc) is 3.34. The molecule has 0 spiro atoms. The third-order valence-electron chi connectivity index (χ3n) is 4.58. The van der Waals surface area contributed by atoms with Gasteiger partial charge in [0.2, 0.25) is 0 Å². The van der Waals surface area contributed by atoms with E-state index in [1.54, 1.807) is 6.07 Å². The molecule has 0 atom stereocenters. The number of hydrogen-bond donors (Lipinski definition) is 0. The lowest BCUT2D eigenvalue weighted by Gasteiger charge is -2.20. The van der Waals surface area contributed by atoms with Crippen molar-refractivity contribution in [1.29, 1.82) is 0 Å². The lowest BCUT2D eigenvalue weighted by molar-refractivity contribution is 0.280. The van der Waals surface area contributed by atoms with Gasteiger partial charge in [0.05, 0.1) is 0 Å². The maximum Gasteiger partial charge on any atom is 0.324 e. The Kier molecular flexibility index (Phi) is 3.99. The molecule has 0 bridgehead atoms. The second-order valence-electron chi connectivity index (χ2n) is 6.42. The van der Waals surface area contributed by atoms with E-state index in [2.05, 4.69) is 19.9 Å². The lowest BCUT2D eigenvalue weighted by Crippen LogP contribution is -2.30. The monoisotopic (exact) mass is 316 g/mol. The fourth-order valence-corrected chi connectivity index (χ4v) is 3.05. The third-order valence-corrected chi connectivity index (χ3v) is 4.58. The number of hydrogen-bond acceptors (Lipinski definition) is 5. The van der Waals surface area contributed by atoms with E-state index >= 15 is 0 Å². The Hall–Kier alpha value is -1.95. The summed E-state index contributed by atoms with van der Waals surface area (Å²) in [6, 6.07) is 7.64. The summed E-state index contributed by atoms with van der Waals surface area (Å²) in [7, 11) is 0. The molecule has 1 aromatic carbocycles. The minimum atomic E-state index is -0.125. The van der Waals surface area contributed by atoms with Crippen LogP contribution in [0.3, 0.4) is 0 Å². The molecule has 1 aromatic heterocycles. The molecule has 1 saturated carbocycles. The predicted octanol–water partition coefficient (Wildman–Crippen LogP) is 2.80. The molecule has 6 heteroatoms. The highest BCUT2D eigenvalue weighted by molar-refractivity contribution is 5.27. The molecular formula is C17H21FN4O. The van der Waals surface area contributed by atoms with Gasteiger partial charge in [-0.1, -0.05) is 23.4 Å². The standard InChI is InChI=1S/C17H21FN4O/c18-15-5-2-1-4-14(15)12-21-8-3-9-22(11-10-21)17-19-16(20-23-17)13-6-7-13/h1-2,4-5,13H,3,6-12H2. The van der Waals surface area contributed by atoms with Crippen molar-refractivity contribution >= 4 is 6.01 Å². The fourth-order valence-electron chi connectivity index (χ4n) is 3.05. The maximum absolute atomic E-state index is 13.8. The van der Waals surface area contributed by atoms with Crippen molar-refractivity contribution in [3.05, 3.63) is 41.5 Å². The molecule has 0 unspecified atom stereocenters. The number of nitrogens with zero attached hydrogens (tertiary/aromatic N) is 4. The number of benzene rings is 1. The van der Waals surface area contributed by atoms with Crippen LogP contribution in [-0.2, 0) is 6.54 Å². The first-order valence-electron chi connectivity index (χ1n) is 8.34. The van der Waals surface area contributed by atoms with Gasteiger partial charge in [0.15, 0.2) is 5.82 Å². The Balaban J connectivity index is 1.38. The Morgan fingerprint density at radius 2 is 2.00 bits per heavy atom.